The van der Waals surface area contributed by atoms with Crippen molar-refractivity contribution < 1.29 is 9.84 Å². The Hall–Kier alpha value is -2.16. The topological polar surface area (TPSA) is 55.5 Å². The number of rotatable bonds is 3. The third-order valence-electron chi connectivity index (χ3n) is 2.56. The number of phenolic OH excluding ortho intramolecular Hbond substituents is 1. The van der Waals surface area contributed by atoms with Crippen molar-refractivity contribution in [3.8, 4) is 11.5 Å². The molecule has 88 valence electrons. The van der Waals surface area contributed by atoms with Gasteiger partial charge < -0.3 is 15.6 Å². The molecule has 2 rings (SSSR count). The van der Waals surface area contributed by atoms with Gasteiger partial charge in [0.25, 0.3) is 0 Å². The number of nitrogen functional groups attached to an aromatic ring is 1. The van der Waals surface area contributed by atoms with Crippen molar-refractivity contribution >= 4 is 5.69 Å². The fraction of sp³-hybridized carbons (Fsp3) is 0.143. The molecule has 3 N–H and O–H groups in total. The molecule has 0 spiro atoms. The molecular weight excluding hydrogens is 214 g/mol. The second-order valence-electron chi connectivity index (χ2n) is 3.98. The summed E-state index contributed by atoms with van der Waals surface area (Å²) >= 11 is 0. The highest BCUT2D eigenvalue weighted by atomic mass is 16.5. The van der Waals surface area contributed by atoms with Gasteiger partial charge in [-0.1, -0.05) is 18.2 Å². The third-order valence-corrected chi connectivity index (χ3v) is 2.56. The van der Waals surface area contributed by atoms with Gasteiger partial charge in [-0.25, -0.2) is 0 Å². The van der Waals surface area contributed by atoms with Crippen molar-refractivity contribution in [3.05, 3.63) is 53.6 Å². The number of anilines is 1. The summed E-state index contributed by atoms with van der Waals surface area (Å²) in [4.78, 5) is 0. The number of ether oxygens (including phenoxy) is 1. The summed E-state index contributed by atoms with van der Waals surface area (Å²) in [6.45, 7) is 2.43. The van der Waals surface area contributed by atoms with Gasteiger partial charge in [0.1, 0.15) is 18.1 Å². The van der Waals surface area contributed by atoms with Gasteiger partial charge in [-0.2, -0.15) is 0 Å². The van der Waals surface area contributed by atoms with E-state index >= 15 is 0 Å². The number of aromatic hydroxyl groups is 1. The fourth-order valence-electron chi connectivity index (χ4n) is 1.57. The number of hydrogen-bond acceptors (Lipinski definition) is 3. The number of phenols is 1. The molecule has 0 aliphatic heterocycles. The van der Waals surface area contributed by atoms with Crippen LogP contribution in [-0.4, -0.2) is 5.11 Å². The van der Waals surface area contributed by atoms with E-state index in [9.17, 15) is 5.11 Å². The SMILES string of the molecule is Cc1cc(COc2cccc(O)c2)ccc1N. The molecule has 0 atom stereocenters. The molecule has 0 saturated heterocycles. The summed E-state index contributed by atoms with van der Waals surface area (Å²) in [7, 11) is 0. The molecule has 0 aliphatic rings. The third kappa shape index (κ3) is 2.91. The Balaban J connectivity index is 2.05. The molecule has 0 amide bonds. The van der Waals surface area contributed by atoms with E-state index in [0.717, 1.165) is 16.8 Å². The van der Waals surface area contributed by atoms with Crippen LogP contribution in [0.4, 0.5) is 5.69 Å². The summed E-state index contributed by atoms with van der Waals surface area (Å²) < 4.78 is 5.57. The van der Waals surface area contributed by atoms with Crippen LogP contribution in [0.25, 0.3) is 0 Å². The second kappa shape index (κ2) is 4.78. The summed E-state index contributed by atoms with van der Waals surface area (Å²) in [6.07, 6.45) is 0. The molecule has 0 fully saturated rings. The van der Waals surface area contributed by atoms with E-state index in [2.05, 4.69) is 0 Å². The van der Waals surface area contributed by atoms with Gasteiger partial charge in [-0.05, 0) is 36.2 Å². The smallest absolute Gasteiger partial charge is 0.123 e. The van der Waals surface area contributed by atoms with E-state index in [0.29, 0.717) is 12.4 Å². The van der Waals surface area contributed by atoms with Crippen molar-refractivity contribution in [1.29, 1.82) is 0 Å². The molecule has 2 aromatic carbocycles. The Kier molecular flexibility index (Phi) is 3.19. The minimum atomic E-state index is 0.205. The van der Waals surface area contributed by atoms with Crippen LogP contribution >= 0.6 is 0 Å². The summed E-state index contributed by atoms with van der Waals surface area (Å²) in [5.74, 6) is 0.857. The van der Waals surface area contributed by atoms with E-state index in [1.807, 2.05) is 31.2 Å². The molecule has 0 heterocycles. The van der Waals surface area contributed by atoms with Crippen LogP contribution in [0.3, 0.4) is 0 Å². The summed E-state index contributed by atoms with van der Waals surface area (Å²) in [5.41, 5.74) is 8.62. The van der Waals surface area contributed by atoms with Crippen LogP contribution < -0.4 is 10.5 Å². The van der Waals surface area contributed by atoms with Crippen molar-refractivity contribution in [2.24, 2.45) is 0 Å². The van der Waals surface area contributed by atoms with Gasteiger partial charge in [-0.3, -0.25) is 0 Å². The first kappa shape index (κ1) is 11.3. The highest BCUT2D eigenvalue weighted by Gasteiger charge is 1.99. The monoisotopic (exact) mass is 229 g/mol. The minimum absolute atomic E-state index is 0.205. The maximum absolute atomic E-state index is 9.29. The fourth-order valence-corrected chi connectivity index (χ4v) is 1.57. The lowest BCUT2D eigenvalue weighted by Crippen LogP contribution is -1.97. The minimum Gasteiger partial charge on any atom is -0.508 e. The molecule has 0 radical (unpaired) electrons. The van der Waals surface area contributed by atoms with E-state index in [1.54, 1.807) is 18.2 Å². The zero-order chi connectivity index (χ0) is 12.3. The van der Waals surface area contributed by atoms with Crippen LogP contribution in [0.15, 0.2) is 42.5 Å². The van der Waals surface area contributed by atoms with Crippen LogP contribution in [0.1, 0.15) is 11.1 Å². The maximum Gasteiger partial charge on any atom is 0.123 e. The van der Waals surface area contributed by atoms with Crippen molar-refractivity contribution in [2.45, 2.75) is 13.5 Å². The molecule has 0 bridgehead atoms. The first-order valence-electron chi connectivity index (χ1n) is 5.42. The standard InChI is InChI=1S/C14H15NO2/c1-10-7-11(5-6-14(10)15)9-17-13-4-2-3-12(16)8-13/h2-8,16H,9,15H2,1H3. The number of nitrogens with two attached hydrogens (primary N) is 1. The molecule has 0 aromatic heterocycles. The molecule has 3 nitrogen and oxygen atoms in total. The predicted octanol–water partition coefficient (Wildman–Crippen LogP) is 2.86. The van der Waals surface area contributed by atoms with Gasteiger partial charge in [0.2, 0.25) is 0 Å². The van der Waals surface area contributed by atoms with Crippen LogP contribution in [0, 0.1) is 6.92 Å². The summed E-state index contributed by atoms with van der Waals surface area (Å²) in [5, 5.41) is 9.29. The second-order valence-corrected chi connectivity index (χ2v) is 3.98. The number of aryl methyl sites for hydroxylation is 1. The molecule has 0 unspecified atom stereocenters. The lowest BCUT2D eigenvalue weighted by molar-refractivity contribution is 0.304. The van der Waals surface area contributed by atoms with Crippen molar-refractivity contribution in [1.82, 2.24) is 0 Å². The molecule has 0 aliphatic carbocycles. The normalized spacial score (nSPS) is 10.2. The van der Waals surface area contributed by atoms with E-state index in [4.69, 9.17) is 10.5 Å². The van der Waals surface area contributed by atoms with Crippen LogP contribution in [0.2, 0.25) is 0 Å². The van der Waals surface area contributed by atoms with E-state index < -0.39 is 0 Å². The first-order chi connectivity index (χ1) is 8.15. The number of benzene rings is 2. The Morgan fingerprint density at radius 3 is 2.71 bits per heavy atom. The van der Waals surface area contributed by atoms with Gasteiger partial charge in [0, 0.05) is 11.8 Å². The highest BCUT2D eigenvalue weighted by Crippen LogP contribution is 2.20. The Bertz CT molecular complexity index is 523. The van der Waals surface area contributed by atoms with Crippen molar-refractivity contribution in [3.63, 3.8) is 0 Å². The van der Waals surface area contributed by atoms with Gasteiger partial charge in [-0.15, -0.1) is 0 Å². The van der Waals surface area contributed by atoms with E-state index in [1.165, 1.54) is 0 Å². The van der Waals surface area contributed by atoms with E-state index in [-0.39, 0.29) is 5.75 Å². The van der Waals surface area contributed by atoms with Crippen LogP contribution in [-0.2, 0) is 6.61 Å². The maximum atomic E-state index is 9.29. The van der Waals surface area contributed by atoms with Gasteiger partial charge >= 0.3 is 0 Å². The Labute approximate surface area is 100 Å². The highest BCUT2D eigenvalue weighted by molar-refractivity contribution is 5.47. The van der Waals surface area contributed by atoms with Crippen LogP contribution in [0.5, 0.6) is 11.5 Å². The zero-order valence-electron chi connectivity index (χ0n) is 9.68. The zero-order valence-corrected chi connectivity index (χ0v) is 9.68. The molecule has 3 heteroatoms. The van der Waals surface area contributed by atoms with Gasteiger partial charge in [0.15, 0.2) is 0 Å². The first-order valence-corrected chi connectivity index (χ1v) is 5.42. The van der Waals surface area contributed by atoms with Gasteiger partial charge in [0.05, 0.1) is 0 Å². The molecule has 0 saturated carbocycles. The lowest BCUT2D eigenvalue weighted by atomic mass is 10.1. The Morgan fingerprint density at radius 1 is 1.18 bits per heavy atom. The quantitative estimate of drug-likeness (QED) is 0.796. The molecule has 17 heavy (non-hydrogen) atoms. The predicted molar refractivity (Wildman–Crippen MR) is 68.0 cm³/mol. The average molecular weight is 229 g/mol. The largest absolute Gasteiger partial charge is 0.508 e. The Morgan fingerprint density at radius 2 is 2.00 bits per heavy atom. The molecule has 2 aromatic rings. The molecular formula is C14H15NO2. The lowest BCUT2D eigenvalue weighted by Gasteiger charge is -2.08. The number of hydrogen-bond donors (Lipinski definition) is 2. The average Bonchev–Trinajstić information content (AvgIpc) is 2.31. The van der Waals surface area contributed by atoms with Crippen molar-refractivity contribution in [2.75, 3.05) is 5.73 Å². The summed E-state index contributed by atoms with van der Waals surface area (Å²) in [6, 6.07) is 12.6.